The first-order valence-electron chi connectivity index (χ1n) is 31.8. The maximum Gasteiger partial charge on any atom is 0.220 e. The van der Waals surface area contributed by atoms with E-state index < -0.39 is 86.8 Å². The molecule has 0 aliphatic carbocycles. The molecular weight excluding hydrogens is 1010 g/mol. The zero-order valence-corrected chi connectivity index (χ0v) is 49.8. The number of rotatable bonds is 50. The number of hydrogen-bond donors (Lipinski definition) is 9. The molecule has 9 N–H and O–H groups in total. The summed E-state index contributed by atoms with van der Waals surface area (Å²) in [4.78, 5) is 13.3. The summed E-state index contributed by atoms with van der Waals surface area (Å²) in [5, 5.41) is 87.2. The van der Waals surface area contributed by atoms with Crippen LogP contribution in [0, 0.1) is 0 Å². The summed E-state index contributed by atoms with van der Waals surface area (Å²) in [6.07, 6.45) is 51.8. The van der Waals surface area contributed by atoms with Gasteiger partial charge in [0, 0.05) is 6.42 Å². The molecule has 0 saturated carbocycles. The number of unbranched alkanes of at least 4 members (excludes halogenated alkanes) is 25. The van der Waals surface area contributed by atoms with E-state index in [1.807, 2.05) is 6.08 Å². The normalized spacial score (nSPS) is 24.8. The maximum atomic E-state index is 13.3. The molecule has 2 heterocycles. The highest BCUT2D eigenvalue weighted by Gasteiger charge is 2.51. The van der Waals surface area contributed by atoms with Crippen molar-refractivity contribution in [2.45, 2.75) is 306 Å². The lowest BCUT2D eigenvalue weighted by Gasteiger charge is -2.46. The summed E-state index contributed by atoms with van der Waals surface area (Å²) in [5.74, 6) is -0.246. The molecule has 80 heavy (non-hydrogen) atoms. The van der Waals surface area contributed by atoms with Crippen LogP contribution in [-0.4, -0.2) is 140 Å². The molecule has 2 aliphatic rings. The van der Waals surface area contributed by atoms with E-state index in [1.54, 1.807) is 6.08 Å². The Labute approximate surface area is 484 Å². The van der Waals surface area contributed by atoms with E-state index in [9.17, 15) is 45.6 Å². The van der Waals surface area contributed by atoms with Crippen molar-refractivity contribution < 1.29 is 64.6 Å². The van der Waals surface area contributed by atoms with Crippen LogP contribution < -0.4 is 5.32 Å². The average Bonchev–Trinajstić information content (AvgIpc) is 3.46. The van der Waals surface area contributed by atoms with E-state index in [2.05, 4.69) is 92.1 Å². The monoisotopic (exact) mass is 1130 g/mol. The second kappa shape index (κ2) is 50.7. The molecule has 0 bridgehead atoms. The highest BCUT2D eigenvalue weighted by atomic mass is 16.7. The molecule has 2 fully saturated rings. The van der Waals surface area contributed by atoms with Crippen molar-refractivity contribution in [3.63, 3.8) is 0 Å². The van der Waals surface area contributed by atoms with Crippen LogP contribution in [0.5, 0.6) is 0 Å². The number of nitrogens with one attached hydrogen (secondary N) is 1. The van der Waals surface area contributed by atoms with Gasteiger partial charge in [0.1, 0.15) is 48.8 Å². The van der Waals surface area contributed by atoms with Gasteiger partial charge in [-0.05, 0) is 70.6 Å². The number of ether oxygens (including phenoxy) is 4. The van der Waals surface area contributed by atoms with Crippen LogP contribution in [-0.2, 0) is 23.7 Å². The summed E-state index contributed by atoms with van der Waals surface area (Å²) < 4.78 is 22.8. The highest BCUT2D eigenvalue weighted by molar-refractivity contribution is 5.76. The number of amides is 1. The van der Waals surface area contributed by atoms with E-state index in [0.717, 1.165) is 83.5 Å². The minimum Gasteiger partial charge on any atom is -0.394 e. The van der Waals surface area contributed by atoms with Crippen LogP contribution in [0.2, 0.25) is 0 Å². The zero-order chi connectivity index (χ0) is 58.1. The minimum atomic E-state index is -1.79. The van der Waals surface area contributed by atoms with Crippen molar-refractivity contribution in [2.24, 2.45) is 0 Å². The second-order valence-electron chi connectivity index (χ2n) is 22.2. The first kappa shape index (κ1) is 73.3. The second-order valence-corrected chi connectivity index (χ2v) is 22.2. The van der Waals surface area contributed by atoms with Gasteiger partial charge < -0.3 is 65.1 Å². The Morgan fingerprint density at radius 2 is 0.863 bits per heavy atom. The molecule has 12 unspecified atom stereocenters. The van der Waals surface area contributed by atoms with Crippen LogP contribution in [0.4, 0.5) is 0 Å². The summed E-state index contributed by atoms with van der Waals surface area (Å²) in [7, 11) is 0. The van der Waals surface area contributed by atoms with Gasteiger partial charge in [-0.2, -0.15) is 0 Å². The number of carbonyl (C=O) groups excluding carboxylic acids is 1. The number of aliphatic hydroxyl groups excluding tert-OH is 8. The topological polar surface area (TPSA) is 228 Å². The first-order valence-corrected chi connectivity index (χ1v) is 31.8. The van der Waals surface area contributed by atoms with Gasteiger partial charge in [0.05, 0.1) is 32.0 Å². The van der Waals surface area contributed by atoms with E-state index >= 15 is 0 Å². The molecule has 2 rings (SSSR count). The number of carbonyl (C=O) groups is 1. The fourth-order valence-electron chi connectivity index (χ4n) is 10.0. The number of hydrogen-bond acceptors (Lipinski definition) is 13. The van der Waals surface area contributed by atoms with E-state index in [0.29, 0.717) is 6.42 Å². The minimum absolute atomic E-state index is 0.246. The van der Waals surface area contributed by atoms with Gasteiger partial charge in [0.25, 0.3) is 0 Å². The fraction of sp³-hybridized carbons (Fsp3) is 0.773. The van der Waals surface area contributed by atoms with Gasteiger partial charge in [-0.15, -0.1) is 0 Å². The molecule has 12 atom stereocenters. The highest BCUT2D eigenvalue weighted by Crippen LogP contribution is 2.30. The third-order valence-electron chi connectivity index (χ3n) is 15.1. The van der Waals surface area contributed by atoms with Gasteiger partial charge in [-0.1, -0.05) is 240 Å². The van der Waals surface area contributed by atoms with Gasteiger partial charge in [-0.3, -0.25) is 4.79 Å². The molecule has 2 aliphatic heterocycles. The van der Waals surface area contributed by atoms with E-state index in [-0.39, 0.29) is 18.9 Å². The van der Waals surface area contributed by atoms with Crippen LogP contribution in [0.3, 0.4) is 0 Å². The zero-order valence-electron chi connectivity index (χ0n) is 49.8. The molecule has 14 heteroatoms. The fourth-order valence-corrected chi connectivity index (χ4v) is 10.0. The average molecular weight is 1130 g/mol. The molecule has 0 spiro atoms. The van der Waals surface area contributed by atoms with Crippen molar-refractivity contribution in [1.29, 1.82) is 0 Å². The van der Waals surface area contributed by atoms with Crippen LogP contribution in [0.1, 0.15) is 232 Å². The Morgan fingerprint density at radius 1 is 0.463 bits per heavy atom. The Kier molecular flexibility index (Phi) is 46.4. The van der Waals surface area contributed by atoms with Crippen molar-refractivity contribution in [2.75, 3.05) is 19.8 Å². The predicted molar refractivity (Wildman–Crippen MR) is 323 cm³/mol. The Hall–Kier alpha value is -2.83. The molecule has 0 aromatic rings. The van der Waals surface area contributed by atoms with E-state index in [1.165, 1.54) is 122 Å². The molecule has 0 aromatic heterocycles. The Bertz CT molecular complexity index is 1660. The Balaban J connectivity index is 1.72. The molecule has 14 nitrogen and oxygen atoms in total. The molecule has 0 aromatic carbocycles. The smallest absolute Gasteiger partial charge is 0.220 e. The number of aliphatic hydroxyl groups is 8. The first-order chi connectivity index (χ1) is 39.1. The third-order valence-corrected chi connectivity index (χ3v) is 15.1. The van der Waals surface area contributed by atoms with Crippen molar-refractivity contribution in [3.05, 3.63) is 85.1 Å². The molecule has 0 radical (unpaired) electrons. The maximum absolute atomic E-state index is 13.3. The summed E-state index contributed by atoms with van der Waals surface area (Å²) >= 11 is 0. The van der Waals surface area contributed by atoms with Crippen LogP contribution in [0.15, 0.2) is 85.1 Å². The Morgan fingerprint density at radius 3 is 1.32 bits per heavy atom. The van der Waals surface area contributed by atoms with Gasteiger partial charge in [0.2, 0.25) is 5.91 Å². The summed E-state index contributed by atoms with van der Waals surface area (Å²) in [5.41, 5.74) is 0. The SMILES string of the molecule is CC/C=C\C/C=C\C/C=C\C/C=C\C/C=C\C/C=C\CCCCCCCCCCCCC(=O)NC(COC1OC(CO)C(OC2OC(CO)C(O)C(O)C2O)C(O)C1O)C(O)/C=C/CCCCCCCCCCCCCCCCC. The lowest BCUT2D eigenvalue weighted by molar-refractivity contribution is -0.359. The lowest BCUT2D eigenvalue weighted by Crippen LogP contribution is -2.65. The summed E-state index contributed by atoms with van der Waals surface area (Å²) in [6.45, 7) is 2.69. The molecule has 2 saturated heterocycles. The number of allylic oxidation sites excluding steroid dienone is 13. The standard InChI is InChI=1S/C66H115NO13/c1-3-5-7-9-11-13-15-17-19-21-22-23-24-25-26-27-28-29-30-31-32-34-36-38-40-42-44-46-48-50-58(71)67-54(55(70)49-47-45-43-41-39-37-35-33-20-18-16-14-12-10-8-6-4-2)53-77-65-63(76)61(74)64(57(52-69)79-65)80-66-62(75)60(73)59(72)56(51-68)78-66/h5,7,11,13,17,19,22-23,25-26,28-29,47,49,54-57,59-66,68-70,72-76H,3-4,6,8-10,12,14-16,18,20-21,24,27,30-46,48,50-53H2,1-2H3,(H,67,71)/b7-5-,13-11-,19-17-,23-22-,26-25-,29-28-,49-47+. The van der Waals surface area contributed by atoms with Crippen molar-refractivity contribution >= 4 is 5.91 Å². The molecule has 462 valence electrons. The van der Waals surface area contributed by atoms with Gasteiger partial charge in [-0.25, -0.2) is 0 Å². The van der Waals surface area contributed by atoms with Crippen molar-refractivity contribution in [3.8, 4) is 0 Å². The molecule has 1 amide bonds. The summed E-state index contributed by atoms with van der Waals surface area (Å²) in [6, 6.07) is -0.922. The van der Waals surface area contributed by atoms with Gasteiger partial charge >= 0.3 is 0 Å². The largest absolute Gasteiger partial charge is 0.394 e. The predicted octanol–water partition coefficient (Wildman–Crippen LogP) is 11.7. The van der Waals surface area contributed by atoms with Crippen molar-refractivity contribution in [1.82, 2.24) is 5.32 Å². The quantitative estimate of drug-likeness (QED) is 0.0204. The molecular formula is C66H115NO13. The third kappa shape index (κ3) is 35.3. The van der Waals surface area contributed by atoms with Crippen LogP contribution in [0.25, 0.3) is 0 Å². The lowest BCUT2D eigenvalue weighted by atomic mass is 9.97. The van der Waals surface area contributed by atoms with Gasteiger partial charge in [0.15, 0.2) is 12.6 Å². The van der Waals surface area contributed by atoms with E-state index in [4.69, 9.17) is 18.9 Å². The van der Waals surface area contributed by atoms with Crippen LogP contribution >= 0.6 is 0 Å².